The van der Waals surface area contributed by atoms with E-state index < -0.39 is 5.97 Å². The molecule has 2 rings (SSSR count). The molecular weight excluding hydrogens is 236 g/mol. The first-order valence-corrected chi connectivity index (χ1v) is 6.99. The molecule has 1 unspecified atom stereocenters. The maximum atomic E-state index is 11.0. The van der Waals surface area contributed by atoms with Crippen LogP contribution in [-0.4, -0.2) is 34.0 Å². The molecule has 1 saturated heterocycles. The van der Waals surface area contributed by atoms with Gasteiger partial charge in [-0.1, -0.05) is 12.8 Å². The minimum Gasteiger partial charge on any atom is -0.481 e. The van der Waals surface area contributed by atoms with Crippen molar-refractivity contribution in [2.24, 2.45) is 0 Å². The summed E-state index contributed by atoms with van der Waals surface area (Å²) in [5, 5.41) is 9.04. The number of carboxylic acids is 1. The van der Waals surface area contributed by atoms with Gasteiger partial charge < -0.3 is 5.11 Å². The number of carboxylic acid groups (broad SMARTS) is 1. The molecule has 1 aliphatic heterocycles. The Morgan fingerprint density at radius 2 is 2.12 bits per heavy atom. The number of rotatable bonds is 4. The summed E-state index contributed by atoms with van der Waals surface area (Å²) < 4.78 is 0. The summed E-state index contributed by atoms with van der Waals surface area (Å²) in [4.78, 5) is 18.5. The first-order chi connectivity index (χ1) is 8.27. The number of aliphatic carboxylic acids is 1. The highest BCUT2D eigenvalue weighted by Gasteiger charge is 2.24. The van der Waals surface area contributed by atoms with Crippen molar-refractivity contribution in [2.45, 2.75) is 38.1 Å². The van der Waals surface area contributed by atoms with Crippen molar-refractivity contribution in [2.75, 3.05) is 13.1 Å². The van der Waals surface area contributed by atoms with E-state index in [1.807, 2.05) is 6.20 Å². The van der Waals surface area contributed by atoms with E-state index in [9.17, 15) is 4.79 Å². The lowest BCUT2D eigenvalue weighted by Gasteiger charge is -2.28. The number of hydrogen-bond acceptors (Lipinski definition) is 4. The van der Waals surface area contributed by atoms with E-state index in [4.69, 9.17) is 5.11 Å². The van der Waals surface area contributed by atoms with Crippen molar-refractivity contribution in [1.29, 1.82) is 0 Å². The van der Waals surface area contributed by atoms with Gasteiger partial charge in [0.05, 0.1) is 18.0 Å². The lowest BCUT2D eigenvalue weighted by molar-refractivity contribution is -0.138. The number of likely N-dealkylation sites (tertiary alicyclic amines) is 1. The lowest BCUT2D eigenvalue weighted by atomic mass is 10.1. The fourth-order valence-electron chi connectivity index (χ4n) is 2.37. The first kappa shape index (κ1) is 12.5. The number of nitrogens with zero attached hydrogens (tertiary/aromatic N) is 2. The van der Waals surface area contributed by atoms with Crippen LogP contribution in [0.25, 0.3) is 0 Å². The van der Waals surface area contributed by atoms with Crippen molar-refractivity contribution < 1.29 is 9.90 Å². The van der Waals surface area contributed by atoms with Crippen LogP contribution in [0.1, 0.15) is 43.0 Å². The molecule has 0 saturated carbocycles. The molecule has 0 amide bonds. The third-order valence-electron chi connectivity index (χ3n) is 3.23. The average Bonchev–Trinajstić information content (AvgIpc) is 2.68. The molecule has 1 aromatic heterocycles. The number of carbonyl (C=O) groups is 1. The van der Waals surface area contributed by atoms with E-state index in [0.717, 1.165) is 18.0 Å². The summed E-state index contributed by atoms with van der Waals surface area (Å²) in [5.41, 5.74) is 1.78. The van der Waals surface area contributed by atoms with E-state index in [1.165, 1.54) is 25.7 Å². The molecule has 0 radical (unpaired) electrons. The Bertz CT molecular complexity index is 345. The summed E-state index contributed by atoms with van der Waals surface area (Å²) in [7, 11) is 0. The van der Waals surface area contributed by atoms with Crippen LogP contribution in [0.5, 0.6) is 0 Å². The molecule has 0 spiro atoms. The molecule has 94 valence electrons. The Labute approximate surface area is 105 Å². The van der Waals surface area contributed by atoms with Crippen molar-refractivity contribution in [1.82, 2.24) is 9.88 Å². The van der Waals surface area contributed by atoms with Crippen molar-refractivity contribution in [3.8, 4) is 0 Å². The predicted octanol–water partition coefficient (Wildman–Crippen LogP) is 2.53. The highest BCUT2D eigenvalue weighted by Crippen LogP contribution is 2.29. The third kappa shape index (κ3) is 3.51. The van der Waals surface area contributed by atoms with Crippen LogP contribution < -0.4 is 0 Å². The highest BCUT2D eigenvalue weighted by molar-refractivity contribution is 7.09. The molecule has 1 fully saturated rings. The van der Waals surface area contributed by atoms with Gasteiger partial charge in [-0.05, 0) is 25.9 Å². The van der Waals surface area contributed by atoms with Gasteiger partial charge in [0.25, 0.3) is 0 Å². The topological polar surface area (TPSA) is 53.4 Å². The summed E-state index contributed by atoms with van der Waals surface area (Å²) in [6.45, 7) is 2.02. The minimum atomic E-state index is -0.729. The molecule has 5 heteroatoms. The molecule has 1 atom stereocenters. The first-order valence-electron chi connectivity index (χ1n) is 6.11. The quantitative estimate of drug-likeness (QED) is 0.897. The number of hydrogen-bond donors (Lipinski definition) is 1. The monoisotopic (exact) mass is 254 g/mol. The van der Waals surface area contributed by atoms with Crippen LogP contribution in [-0.2, 0) is 4.79 Å². The van der Waals surface area contributed by atoms with Gasteiger partial charge in [0.1, 0.15) is 0 Å². The smallest absolute Gasteiger partial charge is 0.305 e. The zero-order valence-electron chi connectivity index (χ0n) is 9.84. The predicted molar refractivity (Wildman–Crippen MR) is 67.1 cm³/mol. The van der Waals surface area contributed by atoms with E-state index >= 15 is 0 Å². The summed E-state index contributed by atoms with van der Waals surface area (Å²) >= 11 is 1.56. The highest BCUT2D eigenvalue weighted by atomic mass is 32.1. The summed E-state index contributed by atoms with van der Waals surface area (Å²) in [6.07, 6.45) is 6.87. The summed E-state index contributed by atoms with van der Waals surface area (Å²) in [6, 6.07) is 0.0121. The fourth-order valence-corrected chi connectivity index (χ4v) is 3.13. The Morgan fingerprint density at radius 3 is 2.65 bits per heavy atom. The lowest BCUT2D eigenvalue weighted by Crippen LogP contribution is -2.30. The largest absolute Gasteiger partial charge is 0.481 e. The van der Waals surface area contributed by atoms with Crippen LogP contribution in [0.2, 0.25) is 0 Å². The Balaban J connectivity index is 2.10. The van der Waals surface area contributed by atoms with E-state index in [-0.39, 0.29) is 12.5 Å². The van der Waals surface area contributed by atoms with Crippen LogP contribution in [0, 0.1) is 0 Å². The van der Waals surface area contributed by atoms with Crippen molar-refractivity contribution in [3.63, 3.8) is 0 Å². The summed E-state index contributed by atoms with van der Waals surface area (Å²) in [5.74, 6) is -0.729. The van der Waals surface area contributed by atoms with Gasteiger partial charge in [0.15, 0.2) is 0 Å². The molecule has 4 nitrogen and oxygen atoms in total. The SMILES string of the molecule is O=C(O)CC(c1cncs1)N1CCCCCC1. The van der Waals surface area contributed by atoms with Gasteiger partial charge in [-0.2, -0.15) is 0 Å². The van der Waals surface area contributed by atoms with Crippen molar-refractivity contribution in [3.05, 3.63) is 16.6 Å². The van der Waals surface area contributed by atoms with Gasteiger partial charge in [-0.25, -0.2) is 0 Å². The molecule has 2 heterocycles. The molecule has 1 aromatic rings. The zero-order chi connectivity index (χ0) is 12.1. The van der Waals surface area contributed by atoms with Crippen LogP contribution in [0.3, 0.4) is 0 Å². The number of thiazole rings is 1. The minimum absolute atomic E-state index is 0.0121. The molecule has 0 aliphatic carbocycles. The third-order valence-corrected chi connectivity index (χ3v) is 4.11. The average molecular weight is 254 g/mol. The molecular formula is C12H18N2O2S. The van der Waals surface area contributed by atoms with Gasteiger partial charge in [0.2, 0.25) is 0 Å². The standard InChI is InChI=1S/C12H18N2O2S/c15-12(16)7-10(11-8-13-9-17-11)14-5-3-1-2-4-6-14/h8-10H,1-7H2,(H,15,16). The fraction of sp³-hybridized carbons (Fsp3) is 0.667. The van der Waals surface area contributed by atoms with Gasteiger partial charge >= 0.3 is 5.97 Å². The second kappa shape index (κ2) is 6.12. The van der Waals surface area contributed by atoms with Gasteiger partial charge in [-0.15, -0.1) is 11.3 Å². The van der Waals surface area contributed by atoms with Crippen LogP contribution >= 0.6 is 11.3 Å². The van der Waals surface area contributed by atoms with Gasteiger partial charge in [-0.3, -0.25) is 14.7 Å². The Morgan fingerprint density at radius 1 is 1.41 bits per heavy atom. The number of aromatic nitrogens is 1. The normalized spacial score (nSPS) is 19.8. The molecule has 1 N–H and O–H groups in total. The van der Waals surface area contributed by atoms with E-state index in [2.05, 4.69) is 9.88 Å². The second-order valence-corrected chi connectivity index (χ2v) is 5.39. The van der Waals surface area contributed by atoms with Crippen LogP contribution in [0.4, 0.5) is 0 Å². The van der Waals surface area contributed by atoms with E-state index in [0.29, 0.717) is 0 Å². The van der Waals surface area contributed by atoms with Crippen molar-refractivity contribution >= 4 is 17.3 Å². The Hall–Kier alpha value is -0.940. The van der Waals surface area contributed by atoms with Crippen LogP contribution in [0.15, 0.2) is 11.7 Å². The second-order valence-electron chi connectivity index (χ2n) is 4.47. The molecule has 0 bridgehead atoms. The molecule has 17 heavy (non-hydrogen) atoms. The zero-order valence-corrected chi connectivity index (χ0v) is 10.7. The maximum absolute atomic E-state index is 11.0. The van der Waals surface area contributed by atoms with Gasteiger partial charge in [0, 0.05) is 11.1 Å². The molecule has 1 aliphatic rings. The Kier molecular flexibility index (Phi) is 4.50. The molecule has 0 aromatic carbocycles. The van der Waals surface area contributed by atoms with E-state index in [1.54, 1.807) is 16.8 Å². The maximum Gasteiger partial charge on any atom is 0.305 e.